The van der Waals surface area contributed by atoms with Gasteiger partial charge in [-0.2, -0.15) is 5.10 Å². The second kappa shape index (κ2) is 8.98. The van der Waals surface area contributed by atoms with Crippen LogP contribution in [-0.4, -0.2) is 37.0 Å². The van der Waals surface area contributed by atoms with Crippen LogP contribution < -0.4 is 10.2 Å². The molecule has 1 fully saturated rings. The van der Waals surface area contributed by atoms with Crippen LogP contribution in [-0.2, 0) is 11.2 Å². The van der Waals surface area contributed by atoms with Gasteiger partial charge in [0.15, 0.2) is 5.65 Å². The fraction of sp³-hybridized carbons (Fsp3) is 0.138. The first-order valence-electron chi connectivity index (χ1n) is 12.0. The Kier molecular flexibility index (Phi) is 5.49. The molecule has 0 saturated carbocycles. The molecule has 1 aliphatic heterocycles. The molecule has 8 nitrogen and oxygen atoms in total. The minimum Gasteiger partial charge on any atom is -0.340 e. The minimum atomic E-state index is -0.0787. The first-order chi connectivity index (χ1) is 18.0. The molecule has 0 bridgehead atoms. The third-order valence-corrected chi connectivity index (χ3v) is 6.91. The summed E-state index contributed by atoms with van der Waals surface area (Å²) >= 11 is 0. The summed E-state index contributed by atoms with van der Waals surface area (Å²) in [6.07, 6.45) is 7.61. The average Bonchev–Trinajstić information content (AvgIpc) is 3.49. The smallest absolute Gasteiger partial charge is 0.254 e. The largest absolute Gasteiger partial charge is 0.340 e. The molecule has 8 heteroatoms. The molecular formula is C29H25N7O. The van der Waals surface area contributed by atoms with Crippen molar-refractivity contribution in [1.29, 1.82) is 0 Å². The number of amides is 1. The van der Waals surface area contributed by atoms with Crippen molar-refractivity contribution in [2.24, 2.45) is 5.92 Å². The van der Waals surface area contributed by atoms with Gasteiger partial charge in [-0.05, 0) is 72.5 Å². The number of nitrogens with one attached hydrogen (secondary N) is 1. The maximum Gasteiger partial charge on any atom is 0.254 e. The van der Waals surface area contributed by atoms with Gasteiger partial charge in [-0.3, -0.25) is 4.79 Å². The van der Waals surface area contributed by atoms with Gasteiger partial charge in [-0.15, -0.1) is 6.58 Å². The van der Waals surface area contributed by atoms with Gasteiger partial charge in [0.05, 0.1) is 5.52 Å². The number of nitrogens with zero attached hydrogens (tertiary/aromatic N) is 6. The number of hydrogen-bond acceptors (Lipinski definition) is 6. The molecule has 182 valence electrons. The monoisotopic (exact) mass is 487 g/mol. The van der Waals surface area contributed by atoms with E-state index in [2.05, 4.69) is 75.8 Å². The van der Waals surface area contributed by atoms with Gasteiger partial charge in [-0.1, -0.05) is 18.7 Å². The molecule has 5 aromatic rings. The Labute approximate surface area is 214 Å². The number of anilines is 3. The number of fused-ring (bicyclic) bond motifs is 2. The molecule has 0 spiro atoms. The molecule has 0 aliphatic carbocycles. The number of aromatic nitrogens is 5. The number of aryl methyl sites for hydroxylation is 1. The third-order valence-electron chi connectivity index (χ3n) is 6.91. The van der Waals surface area contributed by atoms with Gasteiger partial charge in [0, 0.05) is 41.0 Å². The van der Waals surface area contributed by atoms with E-state index < -0.39 is 0 Å². The van der Waals surface area contributed by atoms with E-state index in [0.717, 1.165) is 34.3 Å². The Morgan fingerprint density at radius 2 is 1.97 bits per heavy atom. The van der Waals surface area contributed by atoms with Crippen LogP contribution in [0.15, 0.2) is 92.2 Å². The second-order valence-corrected chi connectivity index (χ2v) is 9.25. The van der Waals surface area contributed by atoms with Crippen molar-refractivity contribution in [2.75, 3.05) is 16.8 Å². The molecule has 6 rings (SSSR count). The van der Waals surface area contributed by atoms with Crippen LogP contribution in [0.2, 0.25) is 0 Å². The SMILES string of the molecule is C=C[C@@H]1CN(c2ccc3ncnc(Nc4ccc(Cc5ccn6ncnc6c5)c(C)c4)c3c2)C(=O)C1=C. The summed E-state index contributed by atoms with van der Waals surface area (Å²) in [6, 6.07) is 16.2. The lowest BCUT2D eigenvalue weighted by Crippen LogP contribution is -2.24. The van der Waals surface area contributed by atoms with Gasteiger partial charge in [-0.25, -0.2) is 19.5 Å². The number of carbonyl (C=O) groups excluding carboxylic acids is 1. The number of rotatable bonds is 6. The summed E-state index contributed by atoms with van der Waals surface area (Å²) in [5.41, 5.74) is 7.49. The van der Waals surface area contributed by atoms with Crippen molar-refractivity contribution in [1.82, 2.24) is 24.6 Å². The highest BCUT2D eigenvalue weighted by Crippen LogP contribution is 2.33. The van der Waals surface area contributed by atoms with E-state index in [-0.39, 0.29) is 11.8 Å². The first-order valence-corrected chi connectivity index (χ1v) is 12.0. The van der Waals surface area contributed by atoms with Crippen LogP contribution in [0.25, 0.3) is 16.6 Å². The molecule has 2 aromatic carbocycles. The molecule has 1 N–H and O–H groups in total. The van der Waals surface area contributed by atoms with Crippen molar-refractivity contribution in [3.63, 3.8) is 0 Å². The molecule has 1 aliphatic rings. The summed E-state index contributed by atoms with van der Waals surface area (Å²) in [4.78, 5) is 27.7. The van der Waals surface area contributed by atoms with Gasteiger partial charge >= 0.3 is 0 Å². The van der Waals surface area contributed by atoms with Crippen LogP contribution in [0, 0.1) is 12.8 Å². The molecule has 3 aromatic heterocycles. The molecular weight excluding hydrogens is 462 g/mol. The van der Waals surface area contributed by atoms with E-state index in [4.69, 9.17) is 0 Å². The summed E-state index contributed by atoms with van der Waals surface area (Å²) in [5.74, 6) is 0.555. The Hall–Kier alpha value is -4.85. The molecule has 1 saturated heterocycles. The van der Waals surface area contributed by atoms with Gasteiger partial charge < -0.3 is 10.2 Å². The van der Waals surface area contributed by atoms with E-state index >= 15 is 0 Å². The molecule has 4 heterocycles. The molecule has 1 amide bonds. The third kappa shape index (κ3) is 4.12. The number of pyridine rings is 1. The van der Waals surface area contributed by atoms with Crippen LogP contribution in [0.3, 0.4) is 0 Å². The van der Waals surface area contributed by atoms with E-state index in [0.29, 0.717) is 17.9 Å². The van der Waals surface area contributed by atoms with Gasteiger partial charge in [0.25, 0.3) is 5.91 Å². The number of benzene rings is 2. The highest BCUT2D eigenvalue weighted by molar-refractivity contribution is 6.09. The van der Waals surface area contributed by atoms with E-state index in [1.54, 1.807) is 28.1 Å². The topological polar surface area (TPSA) is 88.3 Å². The Balaban J connectivity index is 1.27. The van der Waals surface area contributed by atoms with Crippen LogP contribution in [0.1, 0.15) is 16.7 Å². The summed E-state index contributed by atoms with van der Waals surface area (Å²) in [6.45, 7) is 10.4. The number of carbonyl (C=O) groups is 1. The second-order valence-electron chi connectivity index (χ2n) is 9.25. The molecule has 37 heavy (non-hydrogen) atoms. The maximum absolute atomic E-state index is 12.8. The molecule has 0 radical (unpaired) electrons. The van der Waals surface area contributed by atoms with E-state index in [1.165, 1.54) is 16.7 Å². The lowest BCUT2D eigenvalue weighted by atomic mass is 10.0. The zero-order chi connectivity index (χ0) is 25.5. The summed E-state index contributed by atoms with van der Waals surface area (Å²) in [5, 5.41) is 8.44. The predicted molar refractivity (Wildman–Crippen MR) is 145 cm³/mol. The predicted octanol–water partition coefficient (Wildman–Crippen LogP) is 5.02. The summed E-state index contributed by atoms with van der Waals surface area (Å²) in [7, 11) is 0. The fourth-order valence-electron chi connectivity index (χ4n) is 4.77. The average molecular weight is 488 g/mol. The first kappa shape index (κ1) is 22.6. The highest BCUT2D eigenvalue weighted by Gasteiger charge is 2.32. The van der Waals surface area contributed by atoms with Crippen LogP contribution in [0.4, 0.5) is 17.2 Å². The fourth-order valence-corrected chi connectivity index (χ4v) is 4.77. The maximum atomic E-state index is 12.8. The summed E-state index contributed by atoms with van der Waals surface area (Å²) < 4.78 is 1.76. The Bertz CT molecular complexity index is 1700. The lowest BCUT2D eigenvalue weighted by molar-refractivity contribution is -0.114. The van der Waals surface area contributed by atoms with Crippen molar-refractivity contribution in [3.8, 4) is 0 Å². The lowest BCUT2D eigenvalue weighted by Gasteiger charge is -2.17. The van der Waals surface area contributed by atoms with E-state index in [9.17, 15) is 4.79 Å². The van der Waals surface area contributed by atoms with Crippen LogP contribution in [0.5, 0.6) is 0 Å². The minimum absolute atomic E-state index is 0.0485. The van der Waals surface area contributed by atoms with Gasteiger partial charge in [0.2, 0.25) is 0 Å². The molecule has 0 unspecified atom stereocenters. The normalized spacial score (nSPS) is 15.6. The Morgan fingerprint density at radius 3 is 2.78 bits per heavy atom. The van der Waals surface area contributed by atoms with Crippen molar-refractivity contribution >= 4 is 39.6 Å². The van der Waals surface area contributed by atoms with Gasteiger partial charge in [0.1, 0.15) is 18.5 Å². The van der Waals surface area contributed by atoms with Crippen molar-refractivity contribution in [3.05, 3.63) is 109 Å². The number of hydrogen-bond donors (Lipinski definition) is 1. The Morgan fingerprint density at radius 1 is 1.08 bits per heavy atom. The van der Waals surface area contributed by atoms with Crippen LogP contribution >= 0.6 is 0 Å². The zero-order valence-corrected chi connectivity index (χ0v) is 20.4. The highest BCUT2D eigenvalue weighted by atomic mass is 16.2. The zero-order valence-electron chi connectivity index (χ0n) is 20.4. The molecule has 1 atom stereocenters. The van der Waals surface area contributed by atoms with Crippen molar-refractivity contribution < 1.29 is 4.79 Å². The van der Waals surface area contributed by atoms with E-state index in [1.807, 2.05) is 24.4 Å². The van der Waals surface area contributed by atoms with Crippen molar-refractivity contribution in [2.45, 2.75) is 13.3 Å². The quantitative estimate of drug-likeness (QED) is 0.267. The standard InChI is InChI=1S/C29H25N7O/c1-4-21-15-35(29(37)19(21)3)24-7-8-26-25(14-24)28(32-16-30-26)34-23-6-5-22(18(2)11-23)12-20-9-10-36-27(13-20)31-17-33-36/h4-11,13-14,16-17,21H,1,3,12,15H2,2H3,(H,30,32,34)/t21-/m1/s1.